The van der Waals surface area contributed by atoms with Crippen LogP contribution in [-0.4, -0.2) is 44.0 Å². The highest BCUT2D eigenvalue weighted by Gasteiger charge is 2.43. The summed E-state index contributed by atoms with van der Waals surface area (Å²) in [5.41, 5.74) is 0.150. The van der Waals surface area contributed by atoms with E-state index in [2.05, 4.69) is 32.6 Å². The van der Waals surface area contributed by atoms with Crippen LogP contribution in [-0.2, 0) is 9.47 Å². The molecule has 0 aromatic carbocycles. The van der Waals surface area contributed by atoms with Crippen molar-refractivity contribution in [2.24, 2.45) is 5.41 Å². The van der Waals surface area contributed by atoms with Crippen molar-refractivity contribution in [2.75, 3.05) is 20.8 Å². The van der Waals surface area contributed by atoms with Gasteiger partial charge in [-0.15, -0.1) is 0 Å². The summed E-state index contributed by atoms with van der Waals surface area (Å²) in [5, 5.41) is 0. The zero-order valence-electron chi connectivity index (χ0n) is 11.6. The molecule has 0 aromatic heterocycles. The first-order valence-electron chi connectivity index (χ1n) is 6.27. The predicted molar refractivity (Wildman–Crippen MR) is 66.5 cm³/mol. The summed E-state index contributed by atoms with van der Waals surface area (Å²) in [7, 11) is 3.62. The molecule has 1 saturated heterocycles. The molecule has 0 spiro atoms. The fourth-order valence-electron chi connectivity index (χ4n) is 2.79. The monoisotopic (exact) mass is 229 g/mol. The van der Waals surface area contributed by atoms with E-state index < -0.39 is 0 Å². The second kappa shape index (κ2) is 5.48. The summed E-state index contributed by atoms with van der Waals surface area (Å²) in [6.45, 7) is 10.00. The van der Waals surface area contributed by atoms with Crippen molar-refractivity contribution < 1.29 is 9.47 Å². The van der Waals surface area contributed by atoms with Crippen LogP contribution in [0.4, 0.5) is 0 Å². The molecule has 3 nitrogen and oxygen atoms in total. The van der Waals surface area contributed by atoms with Crippen molar-refractivity contribution in [3.8, 4) is 0 Å². The van der Waals surface area contributed by atoms with E-state index in [4.69, 9.17) is 9.47 Å². The van der Waals surface area contributed by atoms with Crippen molar-refractivity contribution in [3.63, 3.8) is 0 Å². The highest BCUT2D eigenvalue weighted by atomic mass is 16.5. The van der Waals surface area contributed by atoms with Crippen molar-refractivity contribution in [1.29, 1.82) is 0 Å². The molecule has 3 atom stereocenters. The Hall–Kier alpha value is -0.120. The molecule has 1 fully saturated rings. The van der Waals surface area contributed by atoms with Crippen molar-refractivity contribution in [3.05, 3.63) is 0 Å². The summed E-state index contributed by atoms with van der Waals surface area (Å²) in [6.07, 6.45) is 2.74. The Labute approximate surface area is 100 Å². The molecule has 96 valence electrons. The molecule has 3 heteroatoms. The van der Waals surface area contributed by atoms with E-state index in [0.29, 0.717) is 12.1 Å². The van der Waals surface area contributed by atoms with E-state index in [1.165, 1.54) is 0 Å². The summed E-state index contributed by atoms with van der Waals surface area (Å²) < 4.78 is 11.3. The lowest BCUT2D eigenvalue weighted by Gasteiger charge is -2.50. The van der Waals surface area contributed by atoms with Gasteiger partial charge in [-0.05, 0) is 19.8 Å². The van der Waals surface area contributed by atoms with Gasteiger partial charge in [-0.3, -0.25) is 4.90 Å². The van der Waals surface area contributed by atoms with E-state index in [1.54, 1.807) is 0 Å². The molecule has 3 unspecified atom stereocenters. The molecule has 1 rings (SSSR count). The molecule has 0 bridgehead atoms. The average molecular weight is 229 g/mol. The zero-order valence-corrected chi connectivity index (χ0v) is 11.6. The van der Waals surface area contributed by atoms with Crippen molar-refractivity contribution in [1.82, 2.24) is 4.90 Å². The largest absolute Gasteiger partial charge is 0.380 e. The zero-order chi connectivity index (χ0) is 12.3. The Morgan fingerprint density at radius 3 is 2.38 bits per heavy atom. The van der Waals surface area contributed by atoms with Crippen LogP contribution in [0.5, 0.6) is 0 Å². The highest BCUT2D eigenvalue weighted by molar-refractivity contribution is 4.91. The number of piperidine rings is 1. The Balaban J connectivity index is 2.85. The second-order valence-corrected chi connectivity index (χ2v) is 5.59. The van der Waals surface area contributed by atoms with Gasteiger partial charge in [-0.2, -0.15) is 0 Å². The van der Waals surface area contributed by atoms with Crippen LogP contribution in [0, 0.1) is 5.41 Å². The van der Waals surface area contributed by atoms with E-state index in [1.807, 2.05) is 14.2 Å². The maximum Gasteiger partial charge on any atom is 0.115 e. The van der Waals surface area contributed by atoms with Gasteiger partial charge in [0.2, 0.25) is 0 Å². The predicted octanol–water partition coefficient (Wildman–Crippen LogP) is 2.50. The van der Waals surface area contributed by atoms with Gasteiger partial charge in [0.1, 0.15) is 6.23 Å². The van der Waals surface area contributed by atoms with Crippen molar-refractivity contribution >= 4 is 0 Å². The fourth-order valence-corrected chi connectivity index (χ4v) is 2.79. The van der Waals surface area contributed by atoms with Gasteiger partial charge in [0, 0.05) is 32.2 Å². The van der Waals surface area contributed by atoms with Gasteiger partial charge < -0.3 is 9.47 Å². The average Bonchev–Trinajstić information content (AvgIpc) is 2.25. The lowest BCUT2D eigenvalue weighted by Crippen LogP contribution is -2.58. The Morgan fingerprint density at radius 1 is 1.31 bits per heavy atom. The molecule has 0 aromatic rings. The Kier molecular flexibility index (Phi) is 4.77. The third kappa shape index (κ3) is 2.76. The van der Waals surface area contributed by atoms with E-state index in [-0.39, 0.29) is 11.6 Å². The number of hydrogen-bond acceptors (Lipinski definition) is 3. The first kappa shape index (κ1) is 13.9. The maximum absolute atomic E-state index is 5.71. The van der Waals surface area contributed by atoms with Crippen LogP contribution < -0.4 is 0 Å². The molecule has 0 amide bonds. The summed E-state index contributed by atoms with van der Waals surface area (Å²) in [4.78, 5) is 2.44. The van der Waals surface area contributed by atoms with Gasteiger partial charge in [0.05, 0.1) is 6.10 Å². The van der Waals surface area contributed by atoms with E-state index in [9.17, 15) is 0 Å². The number of rotatable bonds is 4. The summed E-state index contributed by atoms with van der Waals surface area (Å²) in [6, 6.07) is 0.544. The molecule has 0 radical (unpaired) electrons. The number of hydrogen-bond donors (Lipinski definition) is 0. The van der Waals surface area contributed by atoms with Crippen LogP contribution >= 0.6 is 0 Å². The molecular weight excluding hydrogens is 202 g/mol. The van der Waals surface area contributed by atoms with Gasteiger partial charge in [-0.1, -0.05) is 20.8 Å². The topological polar surface area (TPSA) is 21.7 Å². The van der Waals surface area contributed by atoms with Crippen LogP contribution in [0.2, 0.25) is 0 Å². The van der Waals surface area contributed by atoms with Crippen molar-refractivity contribution in [2.45, 2.75) is 58.9 Å². The first-order chi connectivity index (χ1) is 7.46. The number of methoxy groups -OCH3 is 2. The van der Waals surface area contributed by atoms with Gasteiger partial charge in [0.25, 0.3) is 0 Å². The number of ether oxygens (including phenoxy) is 2. The quantitative estimate of drug-likeness (QED) is 0.739. The van der Waals surface area contributed by atoms with Gasteiger partial charge in [0.15, 0.2) is 0 Å². The molecule has 0 saturated carbocycles. The summed E-state index contributed by atoms with van der Waals surface area (Å²) >= 11 is 0. The SMILES string of the molecule is CCC(C)N1CC(OC)CC(C)(C)C1OC. The number of likely N-dealkylation sites (tertiary alicyclic amines) is 1. The first-order valence-corrected chi connectivity index (χ1v) is 6.27. The van der Waals surface area contributed by atoms with Crippen LogP contribution in [0.25, 0.3) is 0 Å². The molecule has 16 heavy (non-hydrogen) atoms. The summed E-state index contributed by atoms with van der Waals surface area (Å²) in [5.74, 6) is 0. The van der Waals surface area contributed by atoms with E-state index >= 15 is 0 Å². The highest BCUT2D eigenvalue weighted by Crippen LogP contribution is 2.37. The standard InChI is InChI=1S/C13H27NO2/c1-7-10(2)14-9-11(15-5)8-13(3,4)12(14)16-6/h10-12H,7-9H2,1-6H3. The molecule has 1 aliphatic heterocycles. The Morgan fingerprint density at radius 2 is 1.94 bits per heavy atom. The minimum Gasteiger partial charge on any atom is -0.380 e. The van der Waals surface area contributed by atoms with Crippen LogP contribution in [0.1, 0.15) is 40.5 Å². The Bertz CT molecular complexity index is 218. The minimum absolute atomic E-state index is 0.150. The lowest BCUT2D eigenvalue weighted by molar-refractivity contribution is -0.175. The molecule has 1 aliphatic rings. The number of nitrogens with zero attached hydrogens (tertiary/aromatic N) is 1. The lowest BCUT2D eigenvalue weighted by atomic mass is 9.80. The fraction of sp³-hybridized carbons (Fsp3) is 1.00. The van der Waals surface area contributed by atoms with Crippen LogP contribution in [0.15, 0.2) is 0 Å². The molecular formula is C13H27NO2. The van der Waals surface area contributed by atoms with E-state index in [0.717, 1.165) is 19.4 Å². The van der Waals surface area contributed by atoms with Gasteiger partial charge >= 0.3 is 0 Å². The minimum atomic E-state index is 0.150. The maximum atomic E-state index is 5.71. The normalized spacial score (nSPS) is 32.6. The smallest absolute Gasteiger partial charge is 0.115 e. The molecule has 0 N–H and O–H groups in total. The second-order valence-electron chi connectivity index (χ2n) is 5.59. The third-order valence-electron chi connectivity index (χ3n) is 3.85. The third-order valence-corrected chi connectivity index (χ3v) is 3.85. The van der Waals surface area contributed by atoms with Gasteiger partial charge in [-0.25, -0.2) is 0 Å². The van der Waals surface area contributed by atoms with Crippen LogP contribution in [0.3, 0.4) is 0 Å². The molecule has 1 heterocycles. The molecule has 0 aliphatic carbocycles.